The smallest absolute Gasteiger partial charge is 0.169 e. The summed E-state index contributed by atoms with van der Waals surface area (Å²) in [5.41, 5.74) is 1.68. The Morgan fingerprint density at radius 1 is 1.06 bits per heavy atom. The van der Waals surface area contributed by atoms with Crippen molar-refractivity contribution < 1.29 is 8.98 Å². The molecule has 0 saturated heterocycles. The molecular formula is C14H10Cl2NO+. The topological polar surface area (TPSA) is 17.0 Å². The fourth-order valence-corrected chi connectivity index (χ4v) is 2.43. The van der Waals surface area contributed by atoms with E-state index in [2.05, 4.69) is 0 Å². The summed E-state index contributed by atoms with van der Waals surface area (Å²) in [6.45, 7) is 0. The van der Waals surface area contributed by atoms with E-state index in [0.29, 0.717) is 15.6 Å². The third-order valence-electron chi connectivity index (χ3n) is 2.80. The quantitative estimate of drug-likeness (QED) is 0.609. The number of rotatable bonds is 1. The second-order valence-corrected chi connectivity index (χ2v) is 5.01. The van der Waals surface area contributed by atoms with Gasteiger partial charge >= 0.3 is 0 Å². The zero-order valence-corrected chi connectivity index (χ0v) is 11.2. The lowest BCUT2D eigenvalue weighted by Crippen LogP contribution is -2.25. The van der Waals surface area contributed by atoms with Crippen LogP contribution < -0.4 is 4.57 Å². The molecular weight excluding hydrogens is 269 g/mol. The second-order valence-electron chi connectivity index (χ2n) is 4.17. The summed E-state index contributed by atoms with van der Waals surface area (Å²) in [6, 6.07) is 9.46. The highest BCUT2D eigenvalue weighted by Gasteiger charge is 2.11. The van der Waals surface area contributed by atoms with Gasteiger partial charge in [0.2, 0.25) is 0 Å². The number of fused-ring (bicyclic) bond motifs is 1. The van der Waals surface area contributed by atoms with Crippen molar-refractivity contribution in [2.75, 3.05) is 0 Å². The molecule has 0 N–H and O–H groups in total. The normalized spacial score (nSPS) is 11.1. The highest BCUT2D eigenvalue weighted by atomic mass is 35.5. The predicted octanol–water partition coefficient (Wildman–Crippen LogP) is 4.23. The van der Waals surface area contributed by atoms with Crippen LogP contribution in [0.1, 0.15) is 0 Å². The van der Waals surface area contributed by atoms with Crippen LogP contribution in [0, 0.1) is 0 Å². The lowest BCUT2D eigenvalue weighted by atomic mass is 10.2. The molecule has 0 radical (unpaired) electrons. The summed E-state index contributed by atoms with van der Waals surface area (Å²) in [5.74, 6) is 0.787. The Labute approximate surface area is 114 Å². The standard InChI is InChI=1S/C14H10Cl2NO/c1-17-4-2-9(3-5-17)13-7-10-6-11(15)8-12(16)14(10)18-13/h2-8H,1H3/q+1. The molecule has 2 heterocycles. The fraction of sp³-hybridized carbons (Fsp3) is 0.0714. The number of furan rings is 1. The average molecular weight is 279 g/mol. The molecule has 3 rings (SSSR count). The first-order chi connectivity index (χ1) is 8.63. The van der Waals surface area contributed by atoms with Crippen molar-refractivity contribution in [3.05, 3.63) is 52.8 Å². The number of aromatic nitrogens is 1. The highest BCUT2D eigenvalue weighted by molar-refractivity contribution is 6.38. The van der Waals surface area contributed by atoms with Crippen molar-refractivity contribution in [3.63, 3.8) is 0 Å². The largest absolute Gasteiger partial charge is 0.455 e. The third kappa shape index (κ3) is 1.98. The molecule has 0 aliphatic heterocycles. The van der Waals surface area contributed by atoms with Crippen LogP contribution in [0.25, 0.3) is 22.3 Å². The highest BCUT2D eigenvalue weighted by Crippen LogP contribution is 2.34. The Kier molecular flexibility index (Phi) is 2.77. The maximum atomic E-state index is 6.11. The van der Waals surface area contributed by atoms with Crippen molar-refractivity contribution in [2.45, 2.75) is 0 Å². The molecule has 0 amide bonds. The minimum atomic E-state index is 0.533. The molecule has 0 unspecified atom stereocenters. The van der Waals surface area contributed by atoms with E-state index in [4.69, 9.17) is 27.6 Å². The molecule has 3 aromatic rings. The Balaban J connectivity index is 2.19. The molecule has 0 fully saturated rings. The lowest BCUT2D eigenvalue weighted by molar-refractivity contribution is -0.671. The van der Waals surface area contributed by atoms with Gasteiger partial charge in [-0.1, -0.05) is 23.2 Å². The summed E-state index contributed by atoms with van der Waals surface area (Å²) in [4.78, 5) is 0. The summed E-state index contributed by atoms with van der Waals surface area (Å²) < 4.78 is 7.75. The van der Waals surface area contributed by atoms with Gasteiger partial charge in [0.25, 0.3) is 0 Å². The van der Waals surface area contributed by atoms with Crippen LogP contribution in [0.5, 0.6) is 0 Å². The van der Waals surface area contributed by atoms with Gasteiger partial charge in [-0.2, -0.15) is 0 Å². The van der Waals surface area contributed by atoms with E-state index >= 15 is 0 Å². The fourth-order valence-electron chi connectivity index (χ4n) is 1.88. The van der Waals surface area contributed by atoms with Gasteiger partial charge in [-0.25, -0.2) is 4.57 Å². The van der Waals surface area contributed by atoms with Crippen LogP contribution in [0.15, 0.2) is 47.1 Å². The zero-order chi connectivity index (χ0) is 12.7. The maximum absolute atomic E-state index is 6.11. The van der Waals surface area contributed by atoms with Crippen LogP contribution in [-0.2, 0) is 7.05 Å². The van der Waals surface area contributed by atoms with E-state index in [-0.39, 0.29) is 0 Å². The molecule has 90 valence electrons. The van der Waals surface area contributed by atoms with Crippen molar-refractivity contribution >= 4 is 34.2 Å². The van der Waals surface area contributed by atoms with Gasteiger partial charge in [-0.3, -0.25) is 0 Å². The molecule has 0 saturated carbocycles. The molecule has 18 heavy (non-hydrogen) atoms. The molecule has 0 aliphatic carbocycles. The number of benzene rings is 1. The Hall–Kier alpha value is -1.51. The Morgan fingerprint density at radius 3 is 2.50 bits per heavy atom. The van der Waals surface area contributed by atoms with E-state index in [1.807, 2.05) is 48.3 Å². The summed E-state index contributed by atoms with van der Waals surface area (Å²) in [6.07, 6.45) is 3.94. The lowest BCUT2D eigenvalue weighted by Gasteiger charge is -1.94. The molecule has 2 nitrogen and oxygen atoms in total. The van der Waals surface area contributed by atoms with Crippen molar-refractivity contribution in [2.24, 2.45) is 7.05 Å². The number of pyridine rings is 1. The van der Waals surface area contributed by atoms with Gasteiger partial charge in [-0.15, -0.1) is 0 Å². The Morgan fingerprint density at radius 2 is 1.78 bits per heavy atom. The summed E-state index contributed by atoms with van der Waals surface area (Å²) in [7, 11) is 1.97. The first-order valence-corrected chi connectivity index (χ1v) is 6.23. The zero-order valence-electron chi connectivity index (χ0n) is 9.65. The van der Waals surface area contributed by atoms with Gasteiger partial charge in [0.1, 0.15) is 12.8 Å². The van der Waals surface area contributed by atoms with Gasteiger partial charge in [-0.05, 0) is 18.2 Å². The van der Waals surface area contributed by atoms with Crippen LogP contribution in [0.3, 0.4) is 0 Å². The molecule has 1 aromatic carbocycles. The van der Waals surface area contributed by atoms with Crippen LogP contribution >= 0.6 is 23.2 Å². The summed E-state index contributed by atoms with van der Waals surface area (Å²) in [5, 5.41) is 2.06. The first-order valence-electron chi connectivity index (χ1n) is 5.48. The minimum absolute atomic E-state index is 0.533. The van der Waals surface area contributed by atoms with Crippen LogP contribution in [-0.4, -0.2) is 0 Å². The van der Waals surface area contributed by atoms with Crippen molar-refractivity contribution in [1.82, 2.24) is 0 Å². The van der Waals surface area contributed by atoms with E-state index in [0.717, 1.165) is 16.7 Å². The number of nitrogens with zero attached hydrogens (tertiary/aromatic N) is 1. The van der Waals surface area contributed by atoms with E-state index in [9.17, 15) is 0 Å². The average Bonchev–Trinajstić information content (AvgIpc) is 2.74. The van der Waals surface area contributed by atoms with E-state index in [1.54, 1.807) is 6.07 Å². The number of hydrogen-bond acceptors (Lipinski definition) is 1. The van der Waals surface area contributed by atoms with Crippen molar-refractivity contribution in [3.8, 4) is 11.3 Å². The second kappa shape index (κ2) is 4.30. The number of hydrogen-bond donors (Lipinski definition) is 0. The SMILES string of the molecule is C[n+]1ccc(-c2cc3cc(Cl)cc(Cl)c3o2)cc1. The van der Waals surface area contributed by atoms with Gasteiger partial charge < -0.3 is 4.42 Å². The van der Waals surface area contributed by atoms with Crippen molar-refractivity contribution in [1.29, 1.82) is 0 Å². The molecule has 0 aliphatic rings. The molecule has 0 bridgehead atoms. The van der Waals surface area contributed by atoms with Gasteiger partial charge in [0.05, 0.1) is 5.02 Å². The van der Waals surface area contributed by atoms with Gasteiger partial charge in [0.15, 0.2) is 18.0 Å². The summed E-state index contributed by atoms with van der Waals surface area (Å²) >= 11 is 12.1. The van der Waals surface area contributed by atoms with E-state index < -0.39 is 0 Å². The van der Waals surface area contributed by atoms with E-state index in [1.165, 1.54) is 0 Å². The molecule has 0 spiro atoms. The first kappa shape index (κ1) is 11.6. The molecule has 4 heteroatoms. The minimum Gasteiger partial charge on any atom is -0.455 e. The molecule has 2 aromatic heterocycles. The monoisotopic (exact) mass is 278 g/mol. The molecule has 0 atom stereocenters. The third-order valence-corrected chi connectivity index (χ3v) is 3.30. The Bertz CT molecular complexity index is 716. The van der Waals surface area contributed by atoms with Crippen LogP contribution in [0.4, 0.5) is 0 Å². The van der Waals surface area contributed by atoms with Crippen LogP contribution in [0.2, 0.25) is 10.0 Å². The number of halogens is 2. The maximum Gasteiger partial charge on any atom is 0.169 e. The predicted molar refractivity (Wildman–Crippen MR) is 72.8 cm³/mol. The number of aryl methyl sites for hydroxylation is 1. The van der Waals surface area contributed by atoms with Gasteiger partial charge in [0, 0.05) is 28.1 Å².